The molecule has 0 spiro atoms. The van der Waals surface area contributed by atoms with Crippen molar-refractivity contribution in [1.82, 2.24) is 9.97 Å². The number of aromatic nitrogens is 2. The summed E-state index contributed by atoms with van der Waals surface area (Å²) in [4.78, 5) is 8.92. The van der Waals surface area contributed by atoms with Crippen LogP contribution in [0, 0.1) is 0 Å². The highest BCUT2D eigenvalue weighted by Gasteiger charge is 2.22. The Labute approximate surface area is 79.4 Å². The van der Waals surface area contributed by atoms with Crippen molar-refractivity contribution in [3.05, 3.63) is 23.8 Å². The Morgan fingerprint density at radius 3 is 2.69 bits per heavy atom. The fraction of sp³-hybridized carbons (Fsp3) is 0.636. The summed E-state index contributed by atoms with van der Waals surface area (Å²) in [6, 6.07) is 2.02. The lowest BCUT2D eigenvalue weighted by molar-refractivity contribution is 0.400. The van der Waals surface area contributed by atoms with E-state index >= 15 is 0 Å². The summed E-state index contributed by atoms with van der Waals surface area (Å²) in [5.41, 5.74) is 1.18. The summed E-state index contributed by atoms with van der Waals surface area (Å²) in [6.45, 7) is 4.35. The van der Waals surface area contributed by atoms with E-state index in [0.717, 1.165) is 5.82 Å². The van der Waals surface area contributed by atoms with Gasteiger partial charge in [0, 0.05) is 17.8 Å². The zero-order valence-corrected chi connectivity index (χ0v) is 8.33. The molecule has 0 atom stereocenters. The molecule has 1 aromatic rings. The standard InChI is InChI=1S/C11H16N2/c1-8(2)10-6-7-12-11(13-10)9-4-3-5-9/h6-9H,3-5H2,1-2H3. The van der Waals surface area contributed by atoms with E-state index in [1.54, 1.807) is 0 Å². The van der Waals surface area contributed by atoms with E-state index in [0.29, 0.717) is 11.8 Å². The van der Waals surface area contributed by atoms with Crippen LogP contribution in [-0.2, 0) is 0 Å². The average Bonchev–Trinajstić information content (AvgIpc) is 2.01. The highest BCUT2D eigenvalue weighted by molar-refractivity contribution is 5.10. The van der Waals surface area contributed by atoms with Crippen molar-refractivity contribution in [3.8, 4) is 0 Å². The Balaban J connectivity index is 2.21. The van der Waals surface area contributed by atoms with Crippen LogP contribution in [0.1, 0.15) is 56.5 Å². The van der Waals surface area contributed by atoms with Crippen LogP contribution >= 0.6 is 0 Å². The van der Waals surface area contributed by atoms with Gasteiger partial charge in [0.2, 0.25) is 0 Å². The van der Waals surface area contributed by atoms with Crippen LogP contribution in [0.4, 0.5) is 0 Å². The van der Waals surface area contributed by atoms with Crippen molar-refractivity contribution in [2.45, 2.75) is 44.9 Å². The van der Waals surface area contributed by atoms with Crippen LogP contribution in [0.15, 0.2) is 12.3 Å². The van der Waals surface area contributed by atoms with Crippen LogP contribution in [0.5, 0.6) is 0 Å². The van der Waals surface area contributed by atoms with Crippen molar-refractivity contribution in [1.29, 1.82) is 0 Å². The van der Waals surface area contributed by atoms with E-state index in [2.05, 4.69) is 23.8 Å². The topological polar surface area (TPSA) is 25.8 Å². The molecule has 1 fully saturated rings. The molecule has 70 valence electrons. The van der Waals surface area contributed by atoms with E-state index in [9.17, 15) is 0 Å². The van der Waals surface area contributed by atoms with E-state index in [-0.39, 0.29) is 0 Å². The lowest BCUT2D eigenvalue weighted by Gasteiger charge is -2.24. The first-order valence-electron chi connectivity index (χ1n) is 5.10. The van der Waals surface area contributed by atoms with E-state index < -0.39 is 0 Å². The first kappa shape index (κ1) is 8.67. The molecule has 0 aliphatic heterocycles. The highest BCUT2D eigenvalue weighted by Crippen LogP contribution is 2.34. The third-order valence-corrected chi connectivity index (χ3v) is 2.76. The first-order valence-corrected chi connectivity index (χ1v) is 5.10. The third kappa shape index (κ3) is 1.71. The van der Waals surface area contributed by atoms with Crippen molar-refractivity contribution in [3.63, 3.8) is 0 Å². The maximum atomic E-state index is 4.58. The Hall–Kier alpha value is -0.920. The van der Waals surface area contributed by atoms with Crippen molar-refractivity contribution in [2.75, 3.05) is 0 Å². The minimum absolute atomic E-state index is 0.516. The average molecular weight is 176 g/mol. The third-order valence-electron chi connectivity index (χ3n) is 2.76. The highest BCUT2D eigenvalue weighted by atomic mass is 14.9. The summed E-state index contributed by atoms with van der Waals surface area (Å²) in [5.74, 6) is 2.23. The lowest BCUT2D eigenvalue weighted by atomic mass is 9.85. The van der Waals surface area contributed by atoms with Crippen molar-refractivity contribution >= 4 is 0 Å². The quantitative estimate of drug-likeness (QED) is 0.692. The van der Waals surface area contributed by atoms with Crippen LogP contribution in [0.3, 0.4) is 0 Å². The fourth-order valence-electron chi connectivity index (χ4n) is 1.57. The smallest absolute Gasteiger partial charge is 0.131 e. The van der Waals surface area contributed by atoms with Gasteiger partial charge >= 0.3 is 0 Å². The van der Waals surface area contributed by atoms with Gasteiger partial charge in [-0.25, -0.2) is 9.97 Å². The molecule has 1 aliphatic carbocycles. The Kier molecular flexibility index (Phi) is 2.30. The molecule has 1 saturated carbocycles. The molecule has 0 N–H and O–H groups in total. The van der Waals surface area contributed by atoms with Gasteiger partial charge in [-0.15, -0.1) is 0 Å². The molecule has 1 heterocycles. The number of hydrogen-bond donors (Lipinski definition) is 0. The van der Waals surface area contributed by atoms with Gasteiger partial charge in [0.1, 0.15) is 5.82 Å². The molecule has 0 saturated heterocycles. The van der Waals surface area contributed by atoms with Gasteiger partial charge in [0.15, 0.2) is 0 Å². The minimum atomic E-state index is 0.516. The second kappa shape index (κ2) is 3.44. The van der Waals surface area contributed by atoms with E-state index in [4.69, 9.17) is 0 Å². The number of hydrogen-bond acceptors (Lipinski definition) is 2. The summed E-state index contributed by atoms with van der Waals surface area (Å²) >= 11 is 0. The molecule has 0 bridgehead atoms. The van der Waals surface area contributed by atoms with Crippen LogP contribution in [0.2, 0.25) is 0 Å². The second-order valence-electron chi connectivity index (χ2n) is 4.12. The molecule has 0 unspecified atom stereocenters. The van der Waals surface area contributed by atoms with Gasteiger partial charge in [0.25, 0.3) is 0 Å². The second-order valence-corrected chi connectivity index (χ2v) is 4.12. The Morgan fingerprint density at radius 2 is 2.15 bits per heavy atom. The van der Waals surface area contributed by atoms with Gasteiger partial charge < -0.3 is 0 Å². The maximum Gasteiger partial charge on any atom is 0.131 e. The minimum Gasteiger partial charge on any atom is -0.241 e. The molecule has 0 radical (unpaired) electrons. The molecule has 2 heteroatoms. The molecule has 0 aromatic carbocycles. The Bertz CT molecular complexity index is 290. The normalized spacial score (nSPS) is 17.5. The first-order chi connectivity index (χ1) is 6.27. The van der Waals surface area contributed by atoms with Gasteiger partial charge in [-0.2, -0.15) is 0 Å². The molecule has 1 aromatic heterocycles. The molecule has 1 aliphatic rings. The van der Waals surface area contributed by atoms with Crippen molar-refractivity contribution in [2.24, 2.45) is 0 Å². The Morgan fingerprint density at radius 1 is 1.38 bits per heavy atom. The number of nitrogens with zero attached hydrogens (tertiary/aromatic N) is 2. The predicted molar refractivity (Wildman–Crippen MR) is 52.7 cm³/mol. The summed E-state index contributed by atoms with van der Waals surface area (Å²) in [5, 5.41) is 0. The fourth-order valence-corrected chi connectivity index (χ4v) is 1.57. The van der Waals surface area contributed by atoms with Crippen LogP contribution in [-0.4, -0.2) is 9.97 Å². The van der Waals surface area contributed by atoms with Crippen LogP contribution < -0.4 is 0 Å². The zero-order chi connectivity index (χ0) is 9.26. The van der Waals surface area contributed by atoms with Crippen LogP contribution in [0.25, 0.3) is 0 Å². The number of rotatable bonds is 2. The molecule has 13 heavy (non-hydrogen) atoms. The maximum absolute atomic E-state index is 4.58. The summed E-state index contributed by atoms with van der Waals surface area (Å²) in [7, 11) is 0. The molecule has 2 rings (SSSR count). The van der Waals surface area contributed by atoms with E-state index in [1.807, 2.05) is 12.3 Å². The zero-order valence-electron chi connectivity index (χ0n) is 8.33. The SMILES string of the molecule is CC(C)c1ccnc(C2CCC2)n1. The monoisotopic (exact) mass is 176 g/mol. The van der Waals surface area contributed by atoms with Gasteiger partial charge in [0.05, 0.1) is 0 Å². The molecular weight excluding hydrogens is 160 g/mol. The van der Waals surface area contributed by atoms with Gasteiger partial charge in [-0.3, -0.25) is 0 Å². The lowest BCUT2D eigenvalue weighted by Crippen LogP contribution is -2.13. The summed E-state index contributed by atoms with van der Waals surface area (Å²) < 4.78 is 0. The largest absolute Gasteiger partial charge is 0.241 e. The predicted octanol–water partition coefficient (Wildman–Crippen LogP) is 2.87. The molecule has 2 nitrogen and oxygen atoms in total. The van der Waals surface area contributed by atoms with Gasteiger partial charge in [-0.1, -0.05) is 20.3 Å². The van der Waals surface area contributed by atoms with E-state index in [1.165, 1.54) is 25.0 Å². The molecular formula is C11H16N2. The summed E-state index contributed by atoms with van der Waals surface area (Å²) in [6.07, 6.45) is 5.80. The van der Waals surface area contributed by atoms with Crippen molar-refractivity contribution < 1.29 is 0 Å². The van der Waals surface area contributed by atoms with Gasteiger partial charge in [-0.05, 0) is 24.8 Å². The molecule has 0 amide bonds.